The molecule has 0 unspecified atom stereocenters. The second-order valence-electron chi connectivity index (χ2n) is 5.51. The lowest BCUT2D eigenvalue weighted by Crippen LogP contribution is -2.40. The van der Waals surface area contributed by atoms with Gasteiger partial charge in [-0.2, -0.15) is 0 Å². The quantitative estimate of drug-likeness (QED) is 0.590. The first-order valence-corrected chi connectivity index (χ1v) is 7.29. The molecule has 0 amide bonds. The summed E-state index contributed by atoms with van der Waals surface area (Å²) in [7, 11) is 2.05. The molecule has 0 atom stereocenters. The zero-order valence-electron chi connectivity index (χ0n) is 12.7. The Kier molecular flexibility index (Phi) is 5.67. The highest BCUT2D eigenvalue weighted by Gasteiger charge is 2.15. The van der Waals surface area contributed by atoms with E-state index < -0.39 is 0 Å². The molecule has 1 aromatic carbocycles. The van der Waals surface area contributed by atoms with Gasteiger partial charge >= 0.3 is 0 Å². The molecule has 6 nitrogen and oxygen atoms in total. The summed E-state index contributed by atoms with van der Waals surface area (Å²) in [5.74, 6) is 0. The maximum absolute atomic E-state index is 11.0. The largest absolute Gasteiger partial charge is 0.379 e. The van der Waals surface area contributed by atoms with Crippen molar-refractivity contribution in [1.29, 1.82) is 0 Å². The third kappa shape index (κ3) is 4.49. The molecule has 0 N–H and O–H groups in total. The molecule has 1 heterocycles. The van der Waals surface area contributed by atoms with Crippen LogP contribution in [0.3, 0.4) is 0 Å². The van der Waals surface area contributed by atoms with Crippen molar-refractivity contribution < 1.29 is 9.66 Å². The van der Waals surface area contributed by atoms with Crippen molar-refractivity contribution >= 4 is 5.69 Å². The van der Waals surface area contributed by atoms with Crippen LogP contribution in [-0.4, -0.2) is 61.2 Å². The molecule has 1 saturated heterocycles. The summed E-state index contributed by atoms with van der Waals surface area (Å²) in [6.07, 6.45) is 0. The van der Waals surface area contributed by atoms with E-state index in [-0.39, 0.29) is 10.6 Å². The normalized spacial score (nSPS) is 16.3. The zero-order valence-corrected chi connectivity index (χ0v) is 12.7. The Hall–Kier alpha value is -1.50. The Morgan fingerprint density at radius 1 is 1.38 bits per heavy atom. The van der Waals surface area contributed by atoms with E-state index in [1.807, 2.05) is 13.0 Å². The summed E-state index contributed by atoms with van der Waals surface area (Å²) < 4.78 is 5.33. The SMILES string of the molecule is Cc1c(CN(C)CCN2CCOCC2)cccc1[N+](=O)[O-]. The molecule has 0 saturated carbocycles. The van der Waals surface area contributed by atoms with E-state index in [0.29, 0.717) is 0 Å². The highest BCUT2D eigenvalue weighted by molar-refractivity contribution is 5.44. The minimum atomic E-state index is -0.313. The smallest absolute Gasteiger partial charge is 0.272 e. The lowest BCUT2D eigenvalue weighted by Gasteiger charge is -2.28. The first kappa shape index (κ1) is 15.9. The van der Waals surface area contributed by atoms with Gasteiger partial charge in [-0.25, -0.2) is 0 Å². The fourth-order valence-electron chi connectivity index (χ4n) is 2.55. The van der Waals surface area contributed by atoms with Crippen LogP contribution >= 0.6 is 0 Å². The number of nitro groups is 1. The third-order valence-electron chi connectivity index (χ3n) is 3.96. The Labute approximate surface area is 125 Å². The summed E-state index contributed by atoms with van der Waals surface area (Å²) >= 11 is 0. The minimum absolute atomic E-state index is 0.203. The Balaban J connectivity index is 1.88. The summed E-state index contributed by atoms with van der Waals surface area (Å²) in [5, 5.41) is 11.0. The van der Waals surface area contributed by atoms with Crippen LogP contribution in [0, 0.1) is 17.0 Å². The molecule has 21 heavy (non-hydrogen) atoms. The molecule has 1 aromatic rings. The van der Waals surface area contributed by atoms with Crippen LogP contribution in [0.1, 0.15) is 11.1 Å². The van der Waals surface area contributed by atoms with Crippen LogP contribution in [-0.2, 0) is 11.3 Å². The van der Waals surface area contributed by atoms with Crippen LogP contribution in [0.5, 0.6) is 0 Å². The van der Waals surface area contributed by atoms with Gasteiger partial charge in [0.25, 0.3) is 5.69 Å². The van der Waals surface area contributed by atoms with Gasteiger partial charge in [0.1, 0.15) is 0 Å². The molecule has 6 heteroatoms. The molecular formula is C15H23N3O3. The van der Waals surface area contributed by atoms with Gasteiger partial charge < -0.3 is 9.64 Å². The van der Waals surface area contributed by atoms with Gasteiger partial charge in [-0.1, -0.05) is 12.1 Å². The van der Waals surface area contributed by atoms with Crippen molar-refractivity contribution in [3.63, 3.8) is 0 Å². The number of ether oxygens (including phenoxy) is 1. The number of rotatable bonds is 6. The molecule has 1 aliphatic heterocycles. The van der Waals surface area contributed by atoms with Crippen molar-refractivity contribution in [2.75, 3.05) is 46.4 Å². The molecule has 0 radical (unpaired) electrons. The average Bonchev–Trinajstić information content (AvgIpc) is 2.48. The van der Waals surface area contributed by atoms with E-state index in [1.54, 1.807) is 12.1 Å². The third-order valence-corrected chi connectivity index (χ3v) is 3.96. The fourth-order valence-corrected chi connectivity index (χ4v) is 2.55. The standard InChI is InChI=1S/C15H23N3O3/c1-13-14(4-3-5-15(13)18(19)20)12-16(2)6-7-17-8-10-21-11-9-17/h3-5H,6-12H2,1-2H3. The van der Waals surface area contributed by atoms with Gasteiger partial charge in [-0.05, 0) is 19.5 Å². The van der Waals surface area contributed by atoms with Crippen LogP contribution in [0.25, 0.3) is 0 Å². The molecular weight excluding hydrogens is 270 g/mol. The van der Waals surface area contributed by atoms with E-state index in [2.05, 4.69) is 16.8 Å². The van der Waals surface area contributed by atoms with E-state index in [1.165, 1.54) is 0 Å². The second kappa shape index (κ2) is 7.49. The van der Waals surface area contributed by atoms with E-state index in [0.717, 1.165) is 57.1 Å². The maximum atomic E-state index is 11.0. The molecule has 2 rings (SSSR count). The second-order valence-corrected chi connectivity index (χ2v) is 5.51. The van der Waals surface area contributed by atoms with Crippen molar-refractivity contribution in [2.45, 2.75) is 13.5 Å². The Morgan fingerprint density at radius 2 is 2.10 bits per heavy atom. The minimum Gasteiger partial charge on any atom is -0.379 e. The number of nitro benzene ring substituents is 1. The Bertz CT molecular complexity index is 487. The number of hydrogen-bond donors (Lipinski definition) is 0. The van der Waals surface area contributed by atoms with Gasteiger partial charge in [0, 0.05) is 44.4 Å². The van der Waals surface area contributed by atoms with Crippen LogP contribution < -0.4 is 0 Å². The molecule has 0 aliphatic carbocycles. The highest BCUT2D eigenvalue weighted by Crippen LogP contribution is 2.21. The average molecular weight is 293 g/mol. The summed E-state index contributed by atoms with van der Waals surface area (Å²) in [5.41, 5.74) is 1.99. The van der Waals surface area contributed by atoms with Crippen LogP contribution in [0.2, 0.25) is 0 Å². The summed E-state index contributed by atoms with van der Waals surface area (Å²) in [4.78, 5) is 15.3. The van der Waals surface area contributed by atoms with E-state index >= 15 is 0 Å². The molecule has 0 aromatic heterocycles. The lowest BCUT2D eigenvalue weighted by molar-refractivity contribution is -0.385. The first-order valence-electron chi connectivity index (χ1n) is 7.29. The van der Waals surface area contributed by atoms with Crippen molar-refractivity contribution in [1.82, 2.24) is 9.80 Å². The number of likely N-dealkylation sites (N-methyl/N-ethyl adjacent to an activating group) is 1. The predicted molar refractivity (Wildman–Crippen MR) is 81.4 cm³/mol. The summed E-state index contributed by atoms with van der Waals surface area (Å²) in [6, 6.07) is 5.29. The van der Waals surface area contributed by atoms with Gasteiger partial charge in [0.2, 0.25) is 0 Å². The predicted octanol–water partition coefficient (Wildman–Crippen LogP) is 1.67. The van der Waals surface area contributed by atoms with Crippen LogP contribution in [0.4, 0.5) is 5.69 Å². The van der Waals surface area contributed by atoms with Crippen molar-refractivity contribution in [2.24, 2.45) is 0 Å². The van der Waals surface area contributed by atoms with Crippen molar-refractivity contribution in [3.8, 4) is 0 Å². The topological polar surface area (TPSA) is 58.8 Å². The van der Waals surface area contributed by atoms with Crippen LogP contribution in [0.15, 0.2) is 18.2 Å². The zero-order chi connectivity index (χ0) is 15.2. The Morgan fingerprint density at radius 3 is 2.76 bits per heavy atom. The molecule has 0 spiro atoms. The lowest BCUT2D eigenvalue weighted by atomic mass is 10.1. The fraction of sp³-hybridized carbons (Fsp3) is 0.600. The van der Waals surface area contributed by atoms with E-state index in [9.17, 15) is 10.1 Å². The molecule has 1 aliphatic rings. The number of benzene rings is 1. The molecule has 1 fully saturated rings. The highest BCUT2D eigenvalue weighted by atomic mass is 16.6. The van der Waals surface area contributed by atoms with Gasteiger partial charge in [0.15, 0.2) is 0 Å². The van der Waals surface area contributed by atoms with Crippen molar-refractivity contribution in [3.05, 3.63) is 39.4 Å². The van der Waals surface area contributed by atoms with Gasteiger partial charge in [-0.15, -0.1) is 0 Å². The molecule has 0 bridgehead atoms. The van der Waals surface area contributed by atoms with Gasteiger partial charge in [-0.3, -0.25) is 15.0 Å². The van der Waals surface area contributed by atoms with Gasteiger partial charge in [0.05, 0.1) is 18.1 Å². The summed E-state index contributed by atoms with van der Waals surface area (Å²) in [6.45, 7) is 8.12. The van der Waals surface area contributed by atoms with E-state index in [4.69, 9.17) is 4.74 Å². The maximum Gasteiger partial charge on any atom is 0.272 e. The molecule has 116 valence electrons. The number of morpholine rings is 1. The number of nitrogens with zero attached hydrogens (tertiary/aromatic N) is 3. The number of hydrogen-bond acceptors (Lipinski definition) is 5. The monoisotopic (exact) mass is 293 g/mol. The first-order chi connectivity index (χ1) is 10.1.